The maximum atomic E-state index is 12.6. The van der Waals surface area contributed by atoms with E-state index >= 15 is 0 Å². The molecule has 0 aliphatic carbocycles. The van der Waals surface area contributed by atoms with Gasteiger partial charge in [-0.25, -0.2) is 0 Å². The van der Waals surface area contributed by atoms with Crippen LogP contribution in [0, 0.1) is 11.3 Å². The van der Waals surface area contributed by atoms with E-state index in [1.165, 1.54) is 13.2 Å². The molecule has 0 atom stereocenters. The molecule has 0 radical (unpaired) electrons. The molecule has 0 saturated carbocycles. The molecule has 0 fully saturated rings. The zero-order valence-electron chi connectivity index (χ0n) is 17.9. The number of hydrogen-bond donors (Lipinski definition) is 1. The van der Waals surface area contributed by atoms with Gasteiger partial charge < -0.3 is 19.5 Å². The fourth-order valence-electron chi connectivity index (χ4n) is 2.89. The van der Waals surface area contributed by atoms with Gasteiger partial charge in [-0.1, -0.05) is 39.7 Å². The molecule has 33 heavy (non-hydrogen) atoms. The molecule has 3 aromatic rings. The molecule has 3 rings (SSSR count). The minimum atomic E-state index is -0.548. The van der Waals surface area contributed by atoms with Crippen LogP contribution in [0.5, 0.6) is 17.2 Å². The molecular weight excluding hydrogens is 508 g/mol. The van der Waals surface area contributed by atoms with Gasteiger partial charge in [0.2, 0.25) is 0 Å². The SMILES string of the molecule is COc1ccc(NC(=O)/C(C#N)=C\c2cc(Cl)c(OCc3ccc(Br)cc3)c(OC)c2)cc1. The molecule has 1 N–H and O–H groups in total. The van der Waals surface area contributed by atoms with Crippen LogP contribution in [0.1, 0.15) is 11.1 Å². The molecule has 168 valence electrons. The van der Waals surface area contributed by atoms with Crippen molar-refractivity contribution in [1.82, 2.24) is 0 Å². The Morgan fingerprint density at radius 3 is 2.39 bits per heavy atom. The molecule has 6 nitrogen and oxygen atoms in total. The first-order chi connectivity index (χ1) is 15.9. The lowest BCUT2D eigenvalue weighted by Gasteiger charge is -2.14. The summed E-state index contributed by atoms with van der Waals surface area (Å²) in [6.07, 6.45) is 1.44. The summed E-state index contributed by atoms with van der Waals surface area (Å²) >= 11 is 9.83. The highest BCUT2D eigenvalue weighted by molar-refractivity contribution is 9.10. The normalized spacial score (nSPS) is 10.8. The lowest BCUT2D eigenvalue weighted by Crippen LogP contribution is -2.13. The Balaban J connectivity index is 1.79. The number of carbonyl (C=O) groups is 1. The number of methoxy groups -OCH3 is 2. The standard InChI is InChI=1S/C25H20BrClN2O4/c1-31-21-9-7-20(8-10-21)29-25(30)18(14-28)11-17-12-22(27)24(23(13-17)32-2)33-15-16-3-5-19(26)6-4-16/h3-13H,15H2,1-2H3,(H,29,30)/b18-11-. The molecule has 8 heteroatoms. The number of benzene rings is 3. The Kier molecular flexibility index (Phi) is 8.36. The van der Waals surface area contributed by atoms with E-state index in [0.717, 1.165) is 10.0 Å². The number of amides is 1. The quantitative estimate of drug-likeness (QED) is 0.277. The lowest BCUT2D eigenvalue weighted by molar-refractivity contribution is -0.112. The second kappa shape index (κ2) is 11.4. The van der Waals surface area contributed by atoms with Gasteiger partial charge in [0.1, 0.15) is 24.0 Å². The molecule has 0 aliphatic heterocycles. The lowest BCUT2D eigenvalue weighted by atomic mass is 10.1. The van der Waals surface area contributed by atoms with Crippen molar-refractivity contribution in [3.8, 4) is 23.3 Å². The second-order valence-electron chi connectivity index (χ2n) is 6.80. The first kappa shape index (κ1) is 24.2. The van der Waals surface area contributed by atoms with E-state index in [-0.39, 0.29) is 5.57 Å². The first-order valence-electron chi connectivity index (χ1n) is 9.75. The summed E-state index contributed by atoms with van der Waals surface area (Å²) in [4.78, 5) is 12.6. The van der Waals surface area contributed by atoms with Crippen LogP contribution in [0.15, 0.2) is 70.7 Å². The summed E-state index contributed by atoms with van der Waals surface area (Å²) < 4.78 is 17.4. The number of nitriles is 1. The van der Waals surface area contributed by atoms with Gasteiger partial charge in [-0.15, -0.1) is 0 Å². The molecule has 0 bridgehead atoms. The molecule has 0 saturated heterocycles. The predicted octanol–water partition coefficient (Wildman–Crippen LogP) is 6.24. The summed E-state index contributed by atoms with van der Waals surface area (Å²) in [6, 6.07) is 19.7. The minimum Gasteiger partial charge on any atom is -0.497 e. The summed E-state index contributed by atoms with van der Waals surface area (Å²) in [5.41, 5.74) is 1.93. The van der Waals surface area contributed by atoms with Gasteiger partial charge in [-0.2, -0.15) is 5.26 Å². The van der Waals surface area contributed by atoms with Crippen LogP contribution in [-0.2, 0) is 11.4 Å². The van der Waals surface area contributed by atoms with Crippen molar-refractivity contribution in [3.05, 3.63) is 86.9 Å². The Hall–Kier alpha value is -3.47. The highest BCUT2D eigenvalue weighted by atomic mass is 79.9. The highest BCUT2D eigenvalue weighted by Crippen LogP contribution is 2.37. The van der Waals surface area contributed by atoms with Crippen molar-refractivity contribution in [3.63, 3.8) is 0 Å². The number of anilines is 1. The van der Waals surface area contributed by atoms with E-state index in [2.05, 4.69) is 21.2 Å². The number of ether oxygens (including phenoxy) is 3. The van der Waals surface area contributed by atoms with Crippen LogP contribution in [0.25, 0.3) is 6.08 Å². The van der Waals surface area contributed by atoms with E-state index < -0.39 is 5.91 Å². The van der Waals surface area contributed by atoms with Crippen LogP contribution in [0.4, 0.5) is 5.69 Å². The third-order valence-electron chi connectivity index (χ3n) is 4.57. The van der Waals surface area contributed by atoms with Crippen molar-refractivity contribution in [1.29, 1.82) is 5.26 Å². The number of halogens is 2. The maximum absolute atomic E-state index is 12.6. The topological polar surface area (TPSA) is 80.6 Å². The Bertz CT molecular complexity index is 1200. The Labute approximate surface area is 205 Å². The molecule has 0 aromatic heterocycles. The van der Waals surface area contributed by atoms with Crippen LogP contribution < -0.4 is 19.5 Å². The minimum absolute atomic E-state index is 0.0903. The number of carbonyl (C=O) groups excluding carboxylic acids is 1. The fraction of sp³-hybridized carbons (Fsp3) is 0.120. The Morgan fingerprint density at radius 2 is 1.79 bits per heavy atom. The summed E-state index contributed by atoms with van der Waals surface area (Å²) in [7, 11) is 3.05. The highest BCUT2D eigenvalue weighted by Gasteiger charge is 2.15. The van der Waals surface area contributed by atoms with Gasteiger partial charge >= 0.3 is 0 Å². The third kappa shape index (κ3) is 6.51. The van der Waals surface area contributed by atoms with E-state index in [0.29, 0.717) is 40.1 Å². The van der Waals surface area contributed by atoms with E-state index in [1.54, 1.807) is 43.5 Å². The largest absolute Gasteiger partial charge is 0.497 e. The zero-order valence-corrected chi connectivity index (χ0v) is 20.2. The van der Waals surface area contributed by atoms with Gasteiger partial charge in [0, 0.05) is 10.2 Å². The van der Waals surface area contributed by atoms with E-state index in [1.807, 2.05) is 30.3 Å². The van der Waals surface area contributed by atoms with Gasteiger partial charge in [-0.3, -0.25) is 4.79 Å². The molecule has 0 spiro atoms. The van der Waals surface area contributed by atoms with Crippen molar-refractivity contribution in [2.45, 2.75) is 6.61 Å². The third-order valence-corrected chi connectivity index (χ3v) is 5.38. The molecule has 0 aliphatic rings. The van der Waals surface area contributed by atoms with Crippen molar-refractivity contribution >= 4 is 45.2 Å². The van der Waals surface area contributed by atoms with Gasteiger partial charge in [0.25, 0.3) is 5.91 Å². The predicted molar refractivity (Wildman–Crippen MR) is 132 cm³/mol. The summed E-state index contributed by atoms with van der Waals surface area (Å²) in [5, 5.41) is 12.5. The molecule has 1 amide bonds. The zero-order chi connectivity index (χ0) is 23.8. The molecular formula is C25H20BrClN2O4. The molecule has 3 aromatic carbocycles. The summed E-state index contributed by atoms with van der Waals surface area (Å²) in [6.45, 7) is 0.298. The van der Waals surface area contributed by atoms with Gasteiger partial charge in [0.05, 0.1) is 19.2 Å². The van der Waals surface area contributed by atoms with Crippen molar-refractivity contribution < 1.29 is 19.0 Å². The van der Waals surface area contributed by atoms with Crippen LogP contribution in [-0.4, -0.2) is 20.1 Å². The van der Waals surface area contributed by atoms with Crippen LogP contribution in [0.2, 0.25) is 5.02 Å². The monoisotopic (exact) mass is 526 g/mol. The fourth-order valence-corrected chi connectivity index (χ4v) is 3.43. The second-order valence-corrected chi connectivity index (χ2v) is 8.12. The smallest absolute Gasteiger partial charge is 0.266 e. The summed E-state index contributed by atoms with van der Waals surface area (Å²) in [5.74, 6) is 0.876. The number of nitrogens with one attached hydrogen (secondary N) is 1. The number of hydrogen-bond acceptors (Lipinski definition) is 5. The molecule has 0 unspecified atom stereocenters. The van der Waals surface area contributed by atoms with Gasteiger partial charge in [-0.05, 0) is 65.7 Å². The van der Waals surface area contributed by atoms with Crippen molar-refractivity contribution in [2.75, 3.05) is 19.5 Å². The Morgan fingerprint density at radius 1 is 1.09 bits per heavy atom. The number of rotatable bonds is 8. The molecule has 0 heterocycles. The van der Waals surface area contributed by atoms with Crippen LogP contribution >= 0.6 is 27.5 Å². The average Bonchev–Trinajstić information content (AvgIpc) is 2.83. The number of nitrogens with zero attached hydrogens (tertiary/aromatic N) is 1. The van der Waals surface area contributed by atoms with E-state index in [4.69, 9.17) is 25.8 Å². The van der Waals surface area contributed by atoms with Crippen molar-refractivity contribution in [2.24, 2.45) is 0 Å². The maximum Gasteiger partial charge on any atom is 0.266 e. The van der Waals surface area contributed by atoms with Gasteiger partial charge in [0.15, 0.2) is 11.5 Å². The van der Waals surface area contributed by atoms with Crippen LogP contribution in [0.3, 0.4) is 0 Å². The van der Waals surface area contributed by atoms with E-state index in [9.17, 15) is 10.1 Å². The average molecular weight is 528 g/mol. The first-order valence-corrected chi connectivity index (χ1v) is 10.9.